The third-order valence-corrected chi connectivity index (χ3v) is 4.91. The Hall–Kier alpha value is -1.64. The first-order chi connectivity index (χ1) is 11.8. The summed E-state index contributed by atoms with van der Waals surface area (Å²) in [6, 6.07) is 5.83. The quantitative estimate of drug-likeness (QED) is 0.616. The highest BCUT2D eigenvalue weighted by Gasteiger charge is 2.17. The van der Waals surface area contributed by atoms with Crippen molar-refractivity contribution >= 4 is 16.1 Å². The Balaban J connectivity index is 2.44. The molecule has 8 heteroatoms. The molecule has 0 saturated carbocycles. The standard InChI is InChI=1S/C17H29N3O4S/c1-4-5-12-24-13-6-11-19-17(21)20(3)14(2)15-7-9-16(10-8-15)25(18,22)23/h7-10,14H,4-6,11-13H2,1-3H3,(H,19,21)(H2,18,22,23)/t14-/m1/s1. The summed E-state index contributed by atoms with van der Waals surface area (Å²) in [7, 11) is -2.01. The minimum Gasteiger partial charge on any atom is -0.381 e. The summed E-state index contributed by atoms with van der Waals surface area (Å²) in [5.74, 6) is 0. The van der Waals surface area contributed by atoms with Gasteiger partial charge in [-0.15, -0.1) is 0 Å². The molecule has 1 aromatic carbocycles. The molecule has 0 fully saturated rings. The van der Waals surface area contributed by atoms with Crippen LogP contribution in [-0.4, -0.2) is 46.2 Å². The van der Waals surface area contributed by atoms with E-state index in [0.717, 1.165) is 31.4 Å². The monoisotopic (exact) mass is 371 g/mol. The van der Waals surface area contributed by atoms with Gasteiger partial charge >= 0.3 is 6.03 Å². The number of carbonyl (C=O) groups excluding carboxylic acids is 1. The SMILES string of the molecule is CCCCOCCCNC(=O)N(C)[C@H](C)c1ccc(S(N)(=O)=O)cc1. The number of nitrogens with one attached hydrogen (secondary N) is 1. The number of nitrogens with zero attached hydrogens (tertiary/aromatic N) is 1. The molecule has 3 N–H and O–H groups in total. The number of benzene rings is 1. The lowest BCUT2D eigenvalue weighted by Gasteiger charge is -2.25. The van der Waals surface area contributed by atoms with Crippen molar-refractivity contribution in [1.82, 2.24) is 10.2 Å². The second kappa shape index (κ2) is 10.4. The largest absolute Gasteiger partial charge is 0.381 e. The maximum absolute atomic E-state index is 12.2. The average Bonchev–Trinajstić information content (AvgIpc) is 2.58. The lowest BCUT2D eigenvalue weighted by molar-refractivity contribution is 0.128. The van der Waals surface area contributed by atoms with E-state index in [2.05, 4.69) is 12.2 Å². The molecule has 7 nitrogen and oxygen atoms in total. The van der Waals surface area contributed by atoms with Crippen LogP contribution in [0.1, 0.15) is 44.7 Å². The summed E-state index contributed by atoms with van der Waals surface area (Å²) in [4.78, 5) is 13.8. The van der Waals surface area contributed by atoms with E-state index in [4.69, 9.17) is 9.88 Å². The Morgan fingerprint density at radius 2 is 1.84 bits per heavy atom. The van der Waals surface area contributed by atoms with Crippen LogP contribution in [0.3, 0.4) is 0 Å². The van der Waals surface area contributed by atoms with Gasteiger partial charge in [0, 0.05) is 26.8 Å². The zero-order valence-corrected chi connectivity index (χ0v) is 16.0. The van der Waals surface area contributed by atoms with Crippen molar-refractivity contribution in [3.8, 4) is 0 Å². The van der Waals surface area contributed by atoms with Crippen LogP contribution in [0, 0.1) is 0 Å². The lowest BCUT2D eigenvalue weighted by atomic mass is 10.1. The summed E-state index contributed by atoms with van der Waals surface area (Å²) in [6.07, 6.45) is 2.93. The summed E-state index contributed by atoms with van der Waals surface area (Å²) in [5.41, 5.74) is 0.827. The first-order valence-electron chi connectivity index (χ1n) is 8.48. The molecule has 0 radical (unpaired) electrons. The first-order valence-corrected chi connectivity index (χ1v) is 10.0. The van der Waals surface area contributed by atoms with Crippen molar-refractivity contribution in [3.63, 3.8) is 0 Å². The molecular formula is C17H29N3O4S. The van der Waals surface area contributed by atoms with E-state index in [1.807, 2.05) is 6.92 Å². The van der Waals surface area contributed by atoms with Crippen molar-refractivity contribution < 1.29 is 17.9 Å². The number of sulfonamides is 1. The molecule has 25 heavy (non-hydrogen) atoms. The Labute approximate surface area is 150 Å². The Morgan fingerprint density at radius 3 is 2.40 bits per heavy atom. The van der Waals surface area contributed by atoms with Gasteiger partial charge in [0.15, 0.2) is 0 Å². The summed E-state index contributed by atoms with van der Waals surface area (Å²) in [6.45, 7) is 5.93. The van der Waals surface area contributed by atoms with Crippen LogP contribution in [-0.2, 0) is 14.8 Å². The van der Waals surface area contributed by atoms with Crippen LogP contribution < -0.4 is 10.5 Å². The number of unbranched alkanes of at least 4 members (excludes halogenated alkanes) is 1. The number of rotatable bonds is 10. The molecule has 0 spiro atoms. The molecule has 0 heterocycles. The fourth-order valence-corrected chi connectivity index (χ4v) is 2.69. The van der Waals surface area contributed by atoms with E-state index >= 15 is 0 Å². The molecule has 0 aliphatic heterocycles. The Bertz CT molecular complexity index is 632. The average molecular weight is 372 g/mol. The van der Waals surface area contributed by atoms with Crippen LogP contribution in [0.5, 0.6) is 0 Å². The number of primary sulfonamides is 1. The first kappa shape index (κ1) is 21.4. The maximum Gasteiger partial charge on any atom is 0.317 e. The van der Waals surface area contributed by atoms with Gasteiger partial charge in [0.1, 0.15) is 0 Å². The highest BCUT2D eigenvalue weighted by molar-refractivity contribution is 7.89. The van der Waals surface area contributed by atoms with Crippen molar-refractivity contribution in [2.24, 2.45) is 5.14 Å². The second-order valence-electron chi connectivity index (χ2n) is 5.95. The van der Waals surface area contributed by atoms with Crippen LogP contribution in [0.2, 0.25) is 0 Å². The van der Waals surface area contributed by atoms with E-state index in [-0.39, 0.29) is 17.0 Å². The maximum atomic E-state index is 12.2. The molecule has 1 aromatic rings. The number of hydrogen-bond acceptors (Lipinski definition) is 4. The molecule has 0 saturated heterocycles. The molecule has 0 unspecified atom stereocenters. The number of amides is 2. The van der Waals surface area contributed by atoms with E-state index in [0.29, 0.717) is 13.2 Å². The Kier molecular flexibility index (Phi) is 8.88. The Morgan fingerprint density at radius 1 is 1.24 bits per heavy atom. The number of nitrogens with two attached hydrogens (primary N) is 1. The van der Waals surface area contributed by atoms with Crippen molar-refractivity contribution in [2.75, 3.05) is 26.8 Å². The van der Waals surface area contributed by atoms with Gasteiger partial charge < -0.3 is 15.0 Å². The lowest BCUT2D eigenvalue weighted by Crippen LogP contribution is -2.39. The van der Waals surface area contributed by atoms with Crippen LogP contribution in [0.4, 0.5) is 4.79 Å². The van der Waals surface area contributed by atoms with Crippen LogP contribution in [0.25, 0.3) is 0 Å². The van der Waals surface area contributed by atoms with E-state index < -0.39 is 10.0 Å². The van der Waals surface area contributed by atoms with Gasteiger partial charge in [-0.3, -0.25) is 0 Å². The summed E-state index contributed by atoms with van der Waals surface area (Å²) in [5, 5.41) is 7.94. The molecule has 2 amide bonds. The van der Waals surface area contributed by atoms with Gasteiger partial charge in [-0.25, -0.2) is 18.4 Å². The molecule has 1 atom stereocenters. The van der Waals surface area contributed by atoms with E-state index in [1.54, 1.807) is 24.1 Å². The molecular weight excluding hydrogens is 342 g/mol. The van der Waals surface area contributed by atoms with E-state index in [1.165, 1.54) is 12.1 Å². The fourth-order valence-electron chi connectivity index (χ4n) is 2.18. The minimum absolute atomic E-state index is 0.0543. The number of carbonyl (C=O) groups is 1. The fraction of sp³-hybridized carbons (Fsp3) is 0.588. The highest BCUT2D eigenvalue weighted by atomic mass is 32.2. The smallest absolute Gasteiger partial charge is 0.317 e. The van der Waals surface area contributed by atoms with Gasteiger partial charge in [-0.05, 0) is 37.5 Å². The molecule has 0 aliphatic carbocycles. The molecule has 142 valence electrons. The molecule has 0 aromatic heterocycles. The zero-order chi connectivity index (χ0) is 18.9. The summed E-state index contributed by atoms with van der Waals surface area (Å²) >= 11 is 0. The number of hydrogen-bond donors (Lipinski definition) is 2. The van der Waals surface area contributed by atoms with Gasteiger partial charge in [0.2, 0.25) is 10.0 Å². The van der Waals surface area contributed by atoms with Crippen LogP contribution in [0.15, 0.2) is 29.2 Å². The van der Waals surface area contributed by atoms with E-state index in [9.17, 15) is 13.2 Å². The van der Waals surface area contributed by atoms with Gasteiger partial charge in [0.25, 0.3) is 0 Å². The van der Waals surface area contributed by atoms with Crippen molar-refractivity contribution in [1.29, 1.82) is 0 Å². The van der Waals surface area contributed by atoms with Crippen LogP contribution >= 0.6 is 0 Å². The molecule has 0 bridgehead atoms. The summed E-state index contributed by atoms with van der Waals surface area (Å²) < 4.78 is 28.0. The third-order valence-electron chi connectivity index (χ3n) is 3.98. The topological polar surface area (TPSA) is 102 Å². The van der Waals surface area contributed by atoms with Gasteiger partial charge in [0.05, 0.1) is 10.9 Å². The highest BCUT2D eigenvalue weighted by Crippen LogP contribution is 2.20. The normalized spacial score (nSPS) is 12.6. The van der Waals surface area contributed by atoms with Gasteiger partial charge in [-0.2, -0.15) is 0 Å². The van der Waals surface area contributed by atoms with Crippen molar-refractivity contribution in [2.45, 2.75) is 44.0 Å². The number of urea groups is 1. The number of ether oxygens (including phenoxy) is 1. The second-order valence-corrected chi connectivity index (χ2v) is 7.51. The predicted molar refractivity (Wildman–Crippen MR) is 97.7 cm³/mol. The predicted octanol–water partition coefficient (Wildman–Crippen LogP) is 2.24. The minimum atomic E-state index is -3.71. The van der Waals surface area contributed by atoms with Gasteiger partial charge in [-0.1, -0.05) is 25.5 Å². The third kappa shape index (κ3) is 7.41. The molecule has 1 rings (SSSR count). The van der Waals surface area contributed by atoms with Crippen molar-refractivity contribution in [3.05, 3.63) is 29.8 Å². The molecule has 0 aliphatic rings. The zero-order valence-electron chi connectivity index (χ0n) is 15.2.